The molecule has 2 N–H and O–H groups in total. The second kappa shape index (κ2) is 8.33. The molecule has 1 aliphatic carbocycles. The van der Waals surface area contributed by atoms with Crippen LogP contribution in [0.2, 0.25) is 0 Å². The Labute approximate surface area is 119 Å². The molecule has 0 saturated heterocycles. The van der Waals surface area contributed by atoms with E-state index in [9.17, 15) is 4.79 Å². The summed E-state index contributed by atoms with van der Waals surface area (Å²) in [5, 5.41) is 8.47. The van der Waals surface area contributed by atoms with Gasteiger partial charge in [0.15, 0.2) is 0 Å². The monoisotopic (exact) mass is 280 g/mol. The van der Waals surface area contributed by atoms with Crippen molar-refractivity contribution in [1.82, 2.24) is 10.6 Å². The van der Waals surface area contributed by atoms with Gasteiger partial charge in [-0.05, 0) is 30.7 Å². The van der Waals surface area contributed by atoms with Crippen LogP contribution in [0.25, 0.3) is 0 Å². The quantitative estimate of drug-likeness (QED) is 0.621. The van der Waals surface area contributed by atoms with Crippen molar-refractivity contribution >= 4 is 17.2 Å². The number of carbonyl (C=O) groups excluding carboxylic acids is 1. The van der Waals surface area contributed by atoms with Crippen LogP contribution in [0.1, 0.15) is 43.4 Å². The summed E-state index contributed by atoms with van der Waals surface area (Å²) in [5.74, 6) is 0.151. The van der Waals surface area contributed by atoms with Crippen molar-refractivity contribution in [3.63, 3.8) is 0 Å². The highest BCUT2D eigenvalue weighted by atomic mass is 32.1. The lowest BCUT2D eigenvalue weighted by atomic mass is 10.1. The Balaban J connectivity index is 1.56. The predicted molar refractivity (Wildman–Crippen MR) is 80.5 cm³/mol. The zero-order chi connectivity index (χ0) is 13.3. The minimum Gasteiger partial charge on any atom is -0.352 e. The number of thiophene rings is 1. The maximum absolute atomic E-state index is 11.8. The summed E-state index contributed by atoms with van der Waals surface area (Å²) in [6.45, 7) is 1.32. The normalized spacial score (nSPS) is 17.1. The third-order valence-electron chi connectivity index (χ3n) is 3.63. The van der Waals surface area contributed by atoms with Crippen LogP contribution in [0.15, 0.2) is 17.5 Å². The number of hydrogen-bond donors (Lipinski definition) is 2. The van der Waals surface area contributed by atoms with Gasteiger partial charge in [0, 0.05) is 17.5 Å². The van der Waals surface area contributed by atoms with Crippen molar-refractivity contribution in [2.75, 3.05) is 13.1 Å². The van der Waals surface area contributed by atoms with E-state index in [0.717, 1.165) is 25.8 Å². The van der Waals surface area contributed by atoms with Gasteiger partial charge in [-0.2, -0.15) is 0 Å². The first-order valence-electron chi connectivity index (χ1n) is 7.37. The predicted octanol–water partition coefficient (Wildman–Crippen LogP) is 2.72. The molecule has 0 bridgehead atoms. The second-order valence-electron chi connectivity index (χ2n) is 5.26. The Bertz CT molecular complexity index is 356. The van der Waals surface area contributed by atoms with Gasteiger partial charge >= 0.3 is 0 Å². The Morgan fingerprint density at radius 2 is 2.05 bits per heavy atom. The van der Waals surface area contributed by atoms with E-state index in [1.807, 2.05) is 0 Å². The average Bonchev–Trinajstić information content (AvgIpc) is 2.79. The zero-order valence-corrected chi connectivity index (χ0v) is 12.3. The lowest BCUT2D eigenvalue weighted by Gasteiger charge is -2.16. The minimum atomic E-state index is 0.151. The number of rotatable bonds is 6. The first kappa shape index (κ1) is 14.5. The summed E-state index contributed by atoms with van der Waals surface area (Å²) in [5.41, 5.74) is 0. The molecular formula is C15H24N2OS. The smallest absolute Gasteiger partial charge is 0.234 e. The molecule has 19 heavy (non-hydrogen) atoms. The van der Waals surface area contributed by atoms with Gasteiger partial charge in [-0.25, -0.2) is 0 Å². The van der Waals surface area contributed by atoms with Crippen LogP contribution < -0.4 is 10.6 Å². The van der Waals surface area contributed by atoms with Crippen LogP contribution in [-0.2, 0) is 11.2 Å². The largest absolute Gasteiger partial charge is 0.352 e. The molecular weight excluding hydrogens is 256 g/mol. The van der Waals surface area contributed by atoms with E-state index < -0.39 is 0 Å². The molecule has 0 aliphatic heterocycles. The number of amides is 1. The van der Waals surface area contributed by atoms with Crippen molar-refractivity contribution in [2.24, 2.45) is 0 Å². The molecule has 1 aromatic heterocycles. The third-order valence-corrected chi connectivity index (χ3v) is 4.57. The Morgan fingerprint density at radius 1 is 1.26 bits per heavy atom. The number of hydrogen-bond acceptors (Lipinski definition) is 3. The van der Waals surface area contributed by atoms with Crippen molar-refractivity contribution in [1.29, 1.82) is 0 Å². The Kier molecular flexibility index (Phi) is 6.37. The van der Waals surface area contributed by atoms with Gasteiger partial charge in [0.25, 0.3) is 0 Å². The van der Waals surface area contributed by atoms with Gasteiger partial charge in [-0.15, -0.1) is 11.3 Å². The van der Waals surface area contributed by atoms with Crippen molar-refractivity contribution < 1.29 is 4.79 Å². The highest BCUT2D eigenvalue weighted by Gasteiger charge is 2.14. The topological polar surface area (TPSA) is 41.1 Å². The fraction of sp³-hybridized carbons (Fsp3) is 0.667. The molecule has 1 aliphatic rings. The lowest BCUT2D eigenvalue weighted by Crippen LogP contribution is -2.40. The molecule has 1 saturated carbocycles. The molecule has 4 heteroatoms. The zero-order valence-electron chi connectivity index (χ0n) is 11.5. The van der Waals surface area contributed by atoms with Crippen LogP contribution in [0.4, 0.5) is 0 Å². The molecule has 1 heterocycles. The van der Waals surface area contributed by atoms with E-state index >= 15 is 0 Å². The summed E-state index contributed by atoms with van der Waals surface area (Å²) in [6.07, 6.45) is 8.49. The van der Waals surface area contributed by atoms with Gasteiger partial charge in [0.05, 0.1) is 6.54 Å². The first-order chi connectivity index (χ1) is 9.34. The van der Waals surface area contributed by atoms with E-state index in [0.29, 0.717) is 12.6 Å². The second-order valence-corrected chi connectivity index (χ2v) is 6.29. The minimum absolute atomic E-state index is 0.151. The fourth-order valence-corrected chi connectivity index (χ4v) is 3.28. The summed E-state index contributed by atoms with van der Waals surface area (Å²) in [6, 6.07) is 4.62. The molecule has 1 fully saturated rings. The summed E-state index contributed by atoms with van der Waals surface area (Å²) in [7, 11) is 0. The van der Waals surface area contributed by atoms with Gasteiger partial charge in [-0.3, -0.25) is 4.79 Å². The van der Waals surface area contributed by atoms with E-state index in [1.165, 1.54) is 30.6 Å². The molecule has 0 atom stereocenters. The van der Waals surface area contributed by atoms with Crippen molar-refractivity contribution in [2.45, 2.75) is 51.0 Å². The van der Waals surface area contributed by atoms with E-state index in [1.54, 1.807) is 11.3 Å². The number of carbonyl (C=O) groups is 1. The lowest BCUT2D eigenvalue weighted by molar-refractivity contribution is -0.121. The molecule has 1 amide bonds. The van der Waals surface area contributed by atoms with E-state index in [4.69, 9.17) is 0 Å². The van der Waals surface area contributed by atoms with E-state index in [-0.39, 0.29) is 5.91 Å². The summed E-state index contributed by atoms with van der Waals surface area (Å²) >= 11 is 1.77. The van der Waals surface area contributed by atoms with Crippen molar-refractivity contribution in [3.8, 4) is 0 Å². The maximum atomic E-state index is 11.8. The first-order valence-corrected chi connectivity index (χ1v) is 8.25. The molecule has 1 aromatic rings. The maximum Gasteiger partial charge on any atom is 0.234 e. The SMILES string of the molecule is O=C(CNCCc1cccs1)NC1CCCCCC1. The van der Waals surface area contributed by atoms with Crippen molar-refractivity contribution in [3.05, 3.63) is 22.4 Å². The standard InChI is InChI=1S/C15H24N2OS/c18-15(17-13-6-3-1-2-4-7-13)12-16-10-9-14-8-5-11-19-14/h5,8,11,13,16H,1-4,6-7,9-10,12H2,(H,17,18). The van der Waals surface area contributed by atoms with Crippen LogP contribution in [0.5, 0.6) is 0 Å². The average molecular weight is 280 g/mol. The summed E-state index contributed by atoms with van der Waals surface area (Å²) < 4.78 is 0. The van der Waals surface area contributed by atoms with Gasteiger partial charge in [0.2, 0.25) is 5.91 Å². The number of nitrogens with one attached hydrogen (secondary N) is 2. The highest BCUT2D eigenvalue weighted by molar-refractivity contribution is 7.09. The van der Waals surface area contributed by atoms with Crippen LogP contribution >= 0.6 is 11.3 Å². The van der Waals surface area contributed by atoms with Gasteiger partial charge in [0.1, 0.15) is 0 Å². The van der Waals surface area contributed by atoms with Gasteiger partial charge < -0.3 is 10.6 Å². The molecule has 0 radical (unpaired) electrons. The van der Waals surface area contributed by atoms with Gasteiger partial charge in [-0.1, -0.05) is 31.7 Å². The third kappa shape index (κ3) is 5.74. The summed E-state index contributed by atoms with van der Waals surface area (Å²) in [4.78, 5) is 13.2. The molecule has 106 valence electrons. The van der Waals surface area contributed by atoms with Crippen LogP contribution in [0.3, 0.4) is 0 Å². The molecule has 0 unspecified atom stereocenters. The Morgan fingerprint density at radius 3 is 2.74 bits per heavy atom. The molecule has 0 spiro atoms. The fourth-order valence-electron chi connectivity index (χ4n) is 2.57. The molecule has 3 nitrogen and oxygen atoms in total. The highest BCUT2D eigenvalue weighted by Crippen LogP contribution is 2.16. The Hall–Kier alpha value is -0.870. The van der Waals surface area contributed by atoms with Crippen LogP contribution in [0, 0.1) is 0 Å². The molecule has 2 rings (SSSR count). The van der Waals surface area contributed by atoms with E-state index in [2.05, 4.69) is 28.1 Å². The van der Waals surface area contributed by atoms with Crippen LogP contribution in [-0.4, -0.2) is 25.0 Å². The molecule has 0 aromatic carbocycles.